The largest absolute Gasteiger partial charge is 1.00 e. The summed E-state index contributed by atoms with van der Waals surface area (Å²) in [6.07, 6.45) is 0. The molecular weight excluding hydrogens is 239 g/mol. The van der Waals surface area contributed by atoms with Gasteiger partial charge in [-0.2, -0.15) is 0 Å². The minimum absolute atomic E-state index is 0. The summed E-state index contributed by atoms with van der Waals surface area (Å²) in [7, 11) is 0. The minimum atomic E-state index is -4.44. The monoisotopic (exact) mass is 240 g/mol. The average Bonchev–Trinajstić information content (AvgIpc) is 0.811. The van der Waals surface area contributed by atoms with Gasteiger partial charge >= 0.3 is 56.7 Å². The van der Waals surface area contributed by atoms with Gasteiger partial charge in [0.1, 0.15) is 0 Å². The Balaban J connectivity index is -0.0000000450. The molecule has 0 unspecified atom stereocenters. The van der Waals surface area contributed by atoms with E-state index in [1.807, 2.05) is 0 Å². The molecule has 0 aliphatic carbocycles. The van der Waals surface area contributed by atoms with Crippen LogP contribution in [-0.2, 0) is 0 Å². The van der Waals surface area contributed by atoms with E-state index in [2.05, 4.69) is 0 Å². The van der Waals surface area contributed by atoms with Crippen molar-refractivity contribution < 1.29 is 58.1 Å². The van der Waals surface area contributed by atoms with Gasteiger partial charge in [0.15, 0.2) is 0 Å². The molecule has 0 aliphatic rings. The van der Waals surface area contributed by atoms with E-state index in [1.165, 1.54) is 0 Å². The van der Waals surface area contributed by atoms with Gasteiger partial charge in [-0.05, 0) is 0 Å². The standard InChI is InChI=1S/3FH.Li.Lu.H/h3*1H;;;/q;;;+1;+3;-1/p-3. The van der Waals surface area contributed by atoms with Gasteiger partial charge in [0, 0.05) is 0 Å². The molecule has 0 bridgehead atoms. The fourth-order valence-corrected chi connectivity index (χ4v) is 0. The maximum absolute atomic E-state index is 9.78. The molecule has 0 radical (unpaired) electrons. The Bertz CT molecular complexity index is 15.5. The number of hydrogen-bond donors (Lipinski definition) is 0. The first-order valence-electron chi connectivity index (χ1n) is 0.293. The number of halogens is 3. The fraction of sp³-hybridized carbons (Fsp3) is 0. The molecule has 0 nitrogen and oxygen atoms in total. The summed E-state index contributed by atoms with van der Waals surface area (Å²) < 4.78 is 29.3. The van der Waals surface area contributed by atoms with E-state index in [-0.39, 0.29) is 20.3 Å². The van der Waals surface area contributed by atoms with Crippen LogP contribution in [0.15, 0.2) is 0 Å². The van der Waals surface area contributed by atoms with Gasteiger partial charge in [0.25, 0.3) is 0 Å². The number of rotatable bonds is 0. The first-order chi connectivity index (χ1) is 1.73. The Kier molecular flexibility index (Phi) is 11.0. The molecule has 0 atom stereocenters. The molecule has 5 heteroatoms. The Hall–Kier alpha value is 1.62. The molecule has 38 valence electrons. The second-order valence-electron chi connectivity index (χ2n) is 0.111. The van der Waals surface area contributed by atoms with Crippen LogP contribution in [0.1, 0.15) is 1.43 Å². The van der Waals surface area contributed by atoms with Gasteiger partial charge in [-0.25, -0.2) is 0 Å². The van der Waals surface area contributed by atoms with Crippen molar-refractivity contribution in [1.29, 1.82) is 0 Å². The fourth-order valence-electron chi connectivity index (χ4n) is 0. The van der Waals surface area contributed by atoms with E-state index < -0.39 is 33.4 Å². The Morgan fingerprint density at radius 2 is 1.20 bits per heavy atom. The van der Waals surface area contributed by atoms with E-state index in [0.717, 1.165) is 0 Å². The Morgan fingerprint density at radius 1 is 1.20 bits per heavy atom. The van der Waals surface area contributed by atoms with Crippen LogP contribution < -0.4 is 18.9 Å². The van der Waals surface area contributed by atoms with E-state index in [4.69, 9.17) is 0 Å². The van der Waals surface area contributed by atoms with Crippen LogP contribution in [0.2, 0.25) is 0 Å². The van der Waals surface area contributed by atoms with Gasteiger partial charge in [-0.1, -0.05) is 0 Å². The summed E-state index contributed by atoms with van der Waals surface area (Å²) in [6, 6.07) is 0. The number of hydrogen-bond acceptors (Lipinski definition) is 0. The predicted molar refractivity (Wildman–Crippen MR) is 4.44 cm³/mol. The van der Waals surface area contributed by atoms with Gasteiger partial charge in [0.05, 0.1) is 0 Å². The van der Waals surface area contributed by atoms with Crippen LogP contribution in [0.4, 0.5) is 4.39 Å². The first kappa shape index (κ1) is 9.80. The summed E-state index contributed by atoms with van der Waals surface area (Å²) in [5.74, 6) is 0. The molecule has 5 heavy (non-hydrogen) atoms. The molecule has 0 saturated heterocycles. The summed E-state index contributed by atoms with van der Waals surface area (Å²) in [6.45, 7) is 0. The maximum Gasteiger partial charge on any atom is 1.00 e. The van der Waals surface area contributed by atoms with E-state index >= 15 is 0 Å². The topological polar surface area (TPSA) is 0 Å². The van der Waals surface area contributed by atoms with Crippen molar-refractivity contribution in [3.63, 3.8) is 0 Å². The molecule has 0 amide bonds. The molecule has 0 aromatic heterocycles. The second-order valence-corrected chi connectivity index (χ2v) is 0.821. The third-order valence-electron chi connectivity index (χ3n) is 0. The van der Waals surface area contributed by atoms with Crippen molar-refractivity contribution in [3.05, 3.63) is 0 Å². The van der Waals surface area contributed by atoms with Gasteiger partial charge in [0.2, 0.25) is 0 Å². The molecular formula is HF3LiLu. The second kappa shape index (κ2) is 5.62. The van der Waals surface area contributed by atoms with Crippen molar-refractivity contribution in [1.82, 2.24) is 0 Å². The third kappa shape index (κ3) is 28.0. The summed E-state index contributed by atoms with van der Waals surface area (Å²) in [5.41, 5.74) is 0. The Labute approximate surface area is 57.5 Å². The van der Waals surface area contributed by atoms with Crippen LogP contribution in [0.3, 0.4) is 0 Å². The average molecular weight is 240 g/mol. The smallest absolute Gasteiger partial charge is 1.00 e. The maximum atomic E-state index is 9.78. The quantitative estimate of drug-likeness (QED) is 0.446. The molecule has 0 spiro atoms. The summed E-state index contributed by atoms with van der Waals surface area (Å²) in [4.78, 5) is 0. The molecule has 0 N–H and O–H groups in total. The van der Waals surface area contributed by atoms with E-state index in [9.17, 15) is 4.39 Å². The molecule has 0 fully saturated rings. The Morgan fingerprint density at radius 3 is 1.20 bits per heavy atom. The molecule has 0 aliphatic heterocycles. The minimum Gasteiger partial charge on any atom is -1.00 e. The van der Waals surface area contributed by atoms with Crippen molar-refractivity contribution >= 4 is 0 Å². The zero-order chi connectivity index (χ0) is 3.58. The molecule has 0 aromatic rings. The van der Waals surface area contributed by atoms with Gasteiger partial charge in [-0.15, -0.1) is 0 Å². The van der Waals surface area contributed by atoms with Crippen LogP contribution in [0.5, 0.6) is 0 Å². The first-order valence-corrected chi connectivity index (χ1v) is 2.17. The molecule has 0 aromatic carbocycles. The third-order valence-corrected chi connectivity index (χ3v) is 0. The van der Waals surface area contributed by atoms with Crippen molar-refractivity contribution in [3.8, 4) is 0 Å². The van der Waals surface area contributed by atoms with Gasteiger partial charge in [-0.3, -0.25) is 0 Å². The zero-order valence-corrected chi connectivity index (χ0v) is 4.05. The van der Waals surface area contributed by atoms with Crippen LogP contribution in [-0.4, -0.2) is 0 Å². The van der Waals surface area contributed by atoms with E-state index in [1.54, 1.807) is 0 Å². The van der Waals surface area contributed by atoms with Crippen LogP contribution in [0.25, 0.3) is 0 Å². The van der Waals surface area contributed by atoms with Crippen molar-refractivity contribution in [2.45, 2.75) is 0 Å². The summed E-state index contributed by atoms with van der Waals surface area (Å²) in [5, 5.41) is 0. The predicted octanol–water partition coefficient (Wildman–Crippen LogP) is -1.62. The zero-order valence-electron chi connectivity index (χ0n) is 3.39. The van der Waals surface area contributed by atoms with Crippen LogP contribution in [0, 0.1) is 33.4 Å². The summed E-state index contributed by atoms with van der Waals surface area (Å²) >= 11 is -4.44. The molecule has 0 saturated carbocycles. The normalized spacial score (nSPS) is 9.00. The molecule has 0 rings (SSSR count). The van der Waals surface area contributed by atoms with Crippen molar-refractivity contribution in [2.75, 3.05) is 0 Å². The van der Waals surface area contributed by atoms with E-state index in [0.29, 0.717) is 0 Å². The molecule has 0 heterocycles. The van der Waals surface area contributed by atoms with Crippen molar-refractivity contribution in [2.24, 2.45) is 0 Å². The van der Waals surface area contributed by atoms with Crippen LogP contribution >= 0.6 is 0 Å². The van der Waals surface area contributed by atoms with Gasteiger partial charge < -0.3 is 1.43 Å². The SMILES string of the molecule is [F][Lu]([F])[F].[H-].[Li+].